The first-order chi connectivity index (χ1) is 13.3. The zero-order valence-electron chi connectivity index (χ0n) is 15.1. The van der Waals surface area contributed by atoms with Crippen molar-refractivity contribution in [1.29, 1.82) is 0 Å². The monoisotopic (exact) mass is 361 g/mol. The highest BCUT2D eigenvalue weighted by Crippen LogP contribution is 2.27. The molecule has 0 radical (unpaired) electrons. The van der Waals surface area contributed by atoms with E-state index in [0.29, 0.717) is 17.6 Å². The van der Waals surface area contributed by atoms with E-state index in [1.165, 1.54) is 5.56 Å². The van der Waals surface area contributed by atoms with Crippen LogP contribution in [0, 0.1) is 0 Å². The van der Waals surface area contributed by atoms with Gasteiger partial charge in [-0.25, -0.2) is 15.0 Å². The number of anilines is 2. The lowest BCUT2D eigenvalue weighted by atomic mass is 9.94. The van der Waals surface area contributed by atoms with E-state index in [9.17, 15) is 5.11 Å². The fourth-order valence-electron chi connectivity index (χ4n) is 3.51. The van der Waals surface area contributed by atoms with Crippen LogP contribution in [0.4, 0.5) is 11.8 Å². The Hall–Kier alpha value is -2.99. The van der Waals surface area contributed by atoms with E-state index >= 15 is 0 Å². The molecule has 1 unspecified atom stereocenters. The van der Waals surface area contributed by atoms with Gasteiger partial charge in [0.25, 0.3) is 0 Å². The Morgan fingerprint density at radius 3 is 2.74 bits per heavy atom. The summed E-state index contributed by atoms with van der Waals surface area (Å²) in [6.07, 6.45) is 5.84. The first kappa shape index (κ1) is 17.4. The average Bonchev–Trinajstić information content (AvgIpc) is 2.71. The van der Waals surface area contributed by atoms with Gasteiger partial charge >= 0.3 is 0 Å². The SMILES string of the molecule is Oc1ccc(CN2CCCC(c3ccnc(Nc4ccccn4)n3)C2)cc1. The normalized spacial score (nSPS) is 17.6. The molecular weight excluding hydrogens is 338 g/mol. The Morgan fingerprint density at radius 1 is 1.04 bits per heavy atom. The summed E-state index contributed by atoms with van der Waals surface area (Å²) in [4.78, 5) is 15.8. The second kappa shape index (κ2) is 8.14. The fourth-order valence-corrected chi connectivity index (χ4v) is 3.51. The van der Waals surface area contributed by atoms with Crippen LogP contribution in [0.2, 0.25) is 0 Å². The molecule has 0 bridgehead atoms. The van der Waals surface area contributed by atoms with Crippen molar-refractivity contribution >= 4 is 11.8 Å². The molecule has 0 amide bonds. The molecule has 138 valence electrons. The van der Waals surface area contributed by atoms with E-state index in [1.807, 2.05) is 42.6 Å². The molecule has 1 atom stereocenters. The Kier molecular flexibility index (Phi) is 5.25. The molecule has 27 heavy (non-hydrogen) atoms. The molecule has 1 aliphatic rings. The number of hydrogen-bond donors (Lipinski definition) is 2. The van der Waals surface area contributed by atoms with Gasteiger partial charge < -0.3 is 10.4 Å². The van der Waals surface area contributed by atoms with Crippen LogP contribution in [-0.4, -0.2) is 38.0 Å². The summed E-state index contributed by atoms with van der Waals surface area (Å²) in [5.41, 5.74) is 2.28. The smallest absolute Gasteiger partial charge is 0.228 e. The molecule has 2 N–H and O–H groups in total. The number of rotatable bonds is 5. The van der Waals surface area contributed by atoms with Gasteiger partial charge in [-0.15, -0.1) is 0 Å². The van der Waals surface area contributed by atoms with Gasteiger partial charge in [0.05, 0.1) is 5.69 Å². The van der Waals surface area contributed by atoms with Crippen molar-refractivity contribution in [3.05, 3.63) is 72.2 Å². The largest absolute Gasteiger partial charge is 0.508 e. The summed E-state index contributed by atoms with van der Waals surface area (Å²) in [5, 5.41) is 12.6. The van der Waals surface area contributed by atoms with Gasteiger partial charge in [0.2, 0.25) is 5.95 Å². The lowest BCUT2D eigenvalue weighted by molar-refractivity contribution is 0.198. The highest BCUT2D eigenvalue weighted by molar-refractivity contribution is 5.46. The minimum absolute atomic E-state index is 0.309. The summed E-state index contributed by atoms with van der Waals surface area (Å²) in [6.45, 7) is 2.95. The molecule has 1 fully saturated rings. The van der Waals surface area contributed by atoms with Gasteiger partial charge in [0.15, 0.2) is 0 Å². The molecule has 6 nitrogen and oxygen atoms in total. The van der Waals surface area contributed by atoms with Gasteiger partial charge in [-0.1, -0.05) is 18.2 Å². The van der Waals surface area contributed by atoms with Gasteiger partial charge in [-0.2, -0.15) is 0 Å². The number of aromatic nitrogens is 3. The van der Waals surface area contributed by atoms with Crippen LogP contribution < -0.4 is 5.32 Å². The Bertz CT molecular complexity index is 869. The molecule has 4 rings (SSSR count). The summed E-state index contributed by atoms with van der Waals surface area (Å²) in [6, 6.07) is 15.2. The standard InChI is InChI=1S/C21H23N5O/c27-18-8-6-16(7-9-18)14-26-13-3-4-17(15-26)19-10-12-23-21(24-19)25-20-5-1-2-11-22-20/h1-2,5-12,17,27H,3-4,13-15H2,(H,22,23,24,25). The van der Waals surface area contributed by atoms with Crippen molar-refractivity contribution in [1.82, 2.24) is 19.9 Å². The van der Waals surface area contributed by atoms with Crippen molar-refractivity contribution in [2.75, 3.05) is 18.4 Å². The maximum atomic E-state index is 9.45. The molecule has 0 saturated carbocycles. The molecule has 3 heterocycles. The lowest BCUT2D eigenvalue weighted by Crippen LogP contribution is -2.34. The highest BCUT2D eigenvalue weighted by atomic mass is 16.3. The van der Waals surface area contributed by atoms with E-state index in [0.717, 1.165) is 44.0 Å². The number of nitrogens with zero attached hydrogens (tertiary/aromatic N) is 4. The summed E-state index contributed by atoms with van der Waals surface area (Å²) in [7, 11) is 0. The minimum atomic E-state index is 0.309. The zero-order chi connectivity index (χ0) is 18.5. The van der Waals surface area contributed by atoms with Crippen LogP contribution >= 0.6 is 0 Å². The molecule has 1 aliphatic heterocycles. The molecule has 2 aromatic heterocycles. The predicted molar refractivity (Wildman–Crippen MR) is 105 cm³/mol. The summed E-state index contributed by atoms with van der Waals surface area (Å²) in [5.74, 6) is 2.03. The molecular formula is C21H23N5O. The van der Waals surface area contributed by atoms with Gasteiger partial charge in [0.1, 0.15) is 11.6 Å². The maximum absolute atomic E-state index is 9.45. The van der Waals surface area contributed by atoms with Crippen LogP contribution in [0.3, 0.4) is 0 Å². The number of hydrogen-bond acceptors (Lipinski definition) is 6. The van der Waals surface area contributed by atoms with Crippen molar-refractivity contribution in [3.63, 3.8) is 0 Å². The van der Waals surface area contributed by atoms with Crippen molar-refractivity contribution < 1.29 is 5.11 Å². The van der Waals surface area contributed by atoms with Gasteiger partial charge in [-0.05, 0) is 55.3 Å². The Balaban J connectivity index is 1.43. The quantitative estimate of drug-likeness (QED) is 0.722. The first-order valence-corrected chi connectivity index (χ1v) is 9.27. The number of piperidine rings is 1. The number of pyridine rings is 1. The molecule has 3 aromatic rings. The highest BCUT2D eigenvalue weighted by Gasteiger charge is 2.23. The number of likely N-dealkylation sites (tertiary alicyclic amines) is 1. The van der Waals surface area contributed by atoms with E-state index in [2.05, 4.69) is 20.2 Å². The van der Waals surface area contributed by atoms with Crippen LogP contribution in [-0.2, 0) is 6.54 Å². The minimum Gasteiger partial charge on any atom is -0.508 e. The summed E-state index contributed by atoms with van der Waals surface area (Å²) < 4.78 is 0. The first-order valence-electron chi connectivity index (χ1n) is 9.27. The van der Waals surface area contributed by atoms with Crippen LogP contribution in [0.5, 0.6) is 5.75 Å². The van der Waals surface area contributed by atoms with Gasteiger partial charge in [-0.3, -0.25) is 4.90 Å². The van der Waals surface area contributed by atoms with Crippen LogP contribution in [0.1, 0.15) is 30.0 Å². The third-order valence-electron chi connectivity index (χ3n) is 4.85. The Morgan fingerprint density at radius 2 is 1.93 bits per heavy atom. The maximum Gasteiger partial charge on any atom is 0.228 e. The fraction of sp³-hybridized carbons (Fsp3) is 0.286. The number of phenols is 1. The number of aromatic hydroxyl groups is 1. The van der Waals surface area contributed by atoms with Crippen molar-refractivity contribution in [2.45, 2.75) is 25.3 Å². The summed E-state index contributed by atoms with van der Waals surface area (Å²) >= 11 is 0. The number of phenolic OH excluding ortho intramolecular Hbond substituents is 1. The molecule has 6 heteroatoms. The van der Waals surface area contributed by atoms with Crippen molar-refractivity contribution in [2.24, 2.45) is 0 Å². The lowest BCUT2D eigenvalue weighted by Gasteiger charge is -2.32. The van der Waals surface area contributed by atoms with Crippen LogP contribution in [0.15, 0.2) is 60.9 Å². The Labute approximate surface area is 158 Å². The number of benzene rings is 1. The molecule has 0 aliphatic carbocycles. The third-order valence-corrected chi connectivity index (χ3v) is 4.85. The van der Waals surface area contributed by atoms with Crippen molar-refractivity contribution in [3.8, 4) is 5.75 Å². The topological polar surface area (TPSA) is 74.2 Å². The van der Waals surface area contributed by atoms with Gasteiger partial charge in [0, 0.05) is 31.4 Å². The number of nitrogens with one attached hydrogen (secondary N) is 1. The predicted octanol–water partition coefficient (Wildman–Crippen LogP) is 3.70. The van der Waals surface area contributed by atoms with E-state index in [-0.39, 0.29) is 0 Å². The second-order valence-electron chi connectivity index (χ2n) is 6.89. The van der Waals surface area contributed by atoms with E-state index in [4.69, 9.17) is 4.98 Å². The average molecular weight is 361 g/mol. The third kappa shape index (κ3) is 4.60. The van der Waals surface area contributed by atoms with Crippen LogP contribution in [0.25, 0.3) is 0 Å². The van der Waals surface area contributed by atoms with E-state index in [1.54, 1.807) is 18.3 Å². The molecule has 1 saturated heterocycles. The zero-order valence-corrected chi connectivity index (χ0v) is 15.1. The molecule has 1 aromatic carbocycles. The molecule has 0 spiro atoms. The van der Waals surface area contributed by atoms with E-state index < -0.39 is 0 Å². The second-order valence-corrected chi connectivity index (χ2v) is 6.89.